The molecule has 32 heavy (non-hydrogen) atoms. The number of likely N-dealkylation sites (N-methyl/N-ethyl adjacent to an activating group) is 1. The van der Waals surface area contributed by atoms with Gasteiger partial charge in [0.05, 0.1) is 24.7 Å². The smallest absolute Gasteiger partial charge is 0.475 e. The molecular weight excluding hydrogens is 454 g/mol. The van der Waals surface area contributed by atoms with Crippen LogP contribution in [0.1, 0.15) is 18.4 Å². The molecule has 2 saturated heterocycles. The molecule has 0 radical (unpaired) electrons. The quantitative estimate of drug-likeness (QED) is 0.626. The Hall–Kier alpha value is -2.32. The van der Waals surface area contributed by atoms with Gasteiger partial charge in [0.25, 0.3) is 0 Å². The van der Waals surface area contributed by atoms with Crippen molar-refractivity contribution in [1.29, 1.82) is 0 Å². The predicted octanol–water partition coefficient (Wildman–Crippen LogP) is 2.84. The van der Waals surface area contributed by atoms with Crippen molar-refractivity contribution in [2.45, 2.75) is 37.3 Å². The third kappa shape index (κ3) is 9.87. The summed E-state index contributed by atoms with van der Waals surface area (Å²) in [6.07, 6.45) is -4.13. The Labute approximate surface area is 179 Å². The summed E-state index contributed by atoms with van der Waals surface area (Å²) < 4.78 is 74.7. The lowest BCUT2D eigenvalue weighted by molar-refractivity contribution is -0.193. The van der Waals surface area contributed by atoms with Gasteiger partial charge in [-0.3, -0.25) is 4.90 Å². The molecule has 1 aromatic rings. The van der Waals surface area contributed by atoms with Crippen LogP contribution >= 0.6 is 0 Å². The number of alkyl halides is 6. The Balaban J connectivity index is 0.000000305. The number of hydrogen-bond acceptors (Lipinski definition) is 6. The fourth-order valence-electron chi connectivity index (χ4n) is 3.27. The third-order valence-electron chi connectivity index (χ3n) is 4.53. The molecule has 1 spiro atoms. The number of ether oxygens (including phenoxy) is 1. The summed E-state index contributed by atoms with van der Waals surface area (Å²) in [5.74, 6) is -5.51. The van der Waals surface area contributed by atoms with Crippen LogP contribution in [0.5, 0.6) is 0 Å². The molecule has 0 aromatic carbocycles. The Morgan fingerprint density at radius 3 is 2.06 bits per heavy atom. The van der Waals surface area contributed by atoms with Crippen LogP contribution in [0, 0.1) is 0 Å². The van der Waals surface area contributed by atoms with Crippen LogP contribution in [0.15, 0.2) is 23.0 Å². The van der Waals surface area contributed by atoms with E-state index in [0.29, 0.717) is 0 Å². The van der Waals surface area contributed by atoms with E-state index in [1.165, 1.54) is 24.9 Å². The number of nitrogens with zero attached hydrogens (tertiary/aromatic N) is 2. The standard InChI is InChI=1S/C14H22N2O2.2C2HF3O2/c1-15-5-2-4-14(11-15)12-16(6-8-18-14)9-13-3-7-17-10-13;2*3-2(4,5)1(6)7/h3,7,10H,2,4-6,8-9,11-12H2,1H3;2*(H,6,7). The van der Waals surface area contributed by atoms with Gasteiger partial charge in [-0.25, -0.2) is 9.59 Å². The molecule has 2 N–H and O–H groups in total. The van der Waals surface area contributed by atoms with Crippen LogP contribution in [-0.4, -0.2) is 89.7 Å². The van der Waals surface area contributed by atoms with Gasteiger partial charge in [-0.05, 0) is 32.5 Å². The van der Waals surface area contributed by atoms with Crippen LogP contribution in [0.2, 0.25) is 0 Å². The summed E-state index contributed by atoms with van der Waals surface area (Å²) in [5, 5.41) is 14.2. The van der Waals surface area contributed by atoms with Crippen LogP contribution in [0.25, 0.3) is 0 Å². The Kier molecular flexibility index (Phi) is 9.97. The van der Waals surface area contributed by atoms with Crippen molar-refractivity contribution in [2.75, 3.05) is 39.8 Å². The van der Waals surface area contributed by atoms with E-state index in [4.69, 9.17) is 29.0 Å². The first-order valence-electron chi connectivity index (χ1n) is 9.31. The minimum Gasteiger partial charge on any atom is -0.475 e. The molecule has 1 unspecified atom stereocenters. The Morgan fingerprint density at radius 1 is 1.06 bits per heavy atom. The highest BCUT2D eigenvalue weighted by molar-refractivity contribution is 5.73. The largest absolute Gasteiger partial charge is 0.490 e. The van der Waals surface area contributed by atoms with Gasteiger partial charge in [0, 0.05) is 31.7 Å². The number of likely N-dealkylation sites (tertiary alicyclic amines) is 1. The lowest BCUT2D eigenvalue weighted by Gasteiger charge is -2.47. The lowest BCUT2D eigenvalue weighted by Crippen LogP contribution is -2.58. The second kappa shape index (κ2) is 11.5. The molecule has 0 aliphatic carbocycles. The van der Waals surface area contributed by atoms with E-state index in [9.17, 15) is 26.3 Å². The maximum absolute atomic E-state index is 10.6. The average molecular weight is 478 g/mol. The zero-order chi connectivity index (χ0) is 24.6. The second-order valence-corrected chi connectivity index (χ2v) is 7.32. The van der Waals surface area contributed by atoms with Crippen molar-refractivity contribution in [1.82, 2.24) is 9.80 Å². The molecule has 3 heterocycles. The van der Waals surface area contributed by atoms with E-state index < -0.39 is 24.3 Å². The number of rotatable bonds is 2. The van der Waals surface area contributed by atoms with Gasteiger partial charge < -0.3 is 24.3 Å². The number of carboxylic acid groups (broad SMARTS) is 2. The van der Waals surface area contributed by atoms with Gasteiger partial charge in [-0.2, -0.15) is 26.3 Å². The van der Waals surface area contributed by atoms with Gasteiger partial charge in [-0.15, -0.1) is 0 Å². The normalized spacial score (nSPS) is 22.3. The van der Waals surface area contributed by atoms with Crippen molar-refractivity contribution < 1.29 is 55.3 Å². The second-order valence-electron chi connectivity index (χ2n) is 7.32. The third-order valence-corrected chi connectivity index (χ3v) is 4.53. The highest BCUT2D eigenvalue weighted by Gasteiger charge is 2.40. The molecule has 0 bridgehead atoms. The Morgan fingerprint density at radius 2 is 1.62 bits per heavy atom. The number of carboxylic acids is 2. The van der Waals surface area contributed by atoms with Gasteiger partial charge in [0.15, 0.2) is 0 Å². The van der Waals surface area contributed by atoms with E-state index in [1.807, 2.05) is 6.26 Å². The number of hydrogen-bond donors (Lipinski definition) is 2. The number of aliphatic carboxylic acids is 2. The van der Waals surface area contributed by atoms with E-state index in [1.54, 1.807) is 6.26 Å². The van der Waals surface area contributed by atoms with Crippen molar-refractivity contribution >= 4 is 11.9 Å². The SMILES string of the molecule is CN1CCCC2(C1)CN(Cc1ccoc1)CCO2.O=C(O)C(F)(F)F.O=C(O)C(F)(F)F. The summed E-state index contributed by atoms with van der Waals surface area (Å²) in [7, 11) is 2.19. The molecular formula is C18H24F6N2O6. The minimum atomic E-state index is -5.08. The van der Waals surface area contributed by atoms with Crippen molar-refractivity contribution in [3.63, 3.8) is 0 Å². The highest BCUT2D eigenvalue weighted by Crippen LogP contribution is 2.29. The summed E-state index contributed by atoms with van der Waals surface area (Å²) in [4.78, 5) is 22.7. The van der Waals surface area contributed by atoms with E-state index in [2.05, 4.69) is 22.9 Å². The first-order valence-corrected chi connectivity index (χ1v) is 9.31. The fraction of sp³-hybridized carbons (Fsp3) is 0.667. The van der Waals surface area contributed by atoms with Crippen LogP contribution in [-0.2, 0) is 20.9 Å². The summed E-state index contributed by atoms with van der Waals surface area (Å²) >= 11 is 0. The van der Waals surface area contributed by atoms with Crippen LogP contribution in [0.3, 0.4) is 0 Å². The molecule has 2 aliphatic rings. The maximum atomic E-state index is 10.6. The summed E-state index contributed by atoms with van der Waals surface area (Å²) in [5.41, 5.74) is 1.32. The number of morpholine rings is 1. The minimum absolute atomic E-state index is 0.0645. The first kappa shape index (κ1) is 27.7. The number of halogens is 6. The fourth-order valence-corrected chi connectivity index (χ4v) is 3.27. The van der Waals surface area contributed by atoms with E-state index in [-0.39, 0.29) is 5.60 Å². The summed E-state index contributed by atoms with van der Waals surface area (Å²) in [6, 6.07) is 2.05. The monoisotopic (exact) mass is 478 g/mol. The summed E-state index contributed by atoms with van der Waals surface area (Å²) in [6.45, 7) is 6.16. The molecule has 14 heteroatoms. The molecule has 2 fully saturated rings. The van der Waals surface area contributed by atoms with Crippen LogP contribution < -0.4 is 0 Å². The predicted molar refractivity (Wildman–Crippen MR) is 96.8 cm³/mol. The van der Waals surface area contributed by atoms with Gasteiger partial charge in [0.2, 0.25) is 0 Å². The van der Waals surface area contributed by atoms with Crippen LogP contribution in [0.4, 0.5) is 26.3 Å². The molecule has 0 saturated carbocycles. The molecule has 1 aromatic heterocycles. The number of carbonyl (C=O) groups is 2. The molecule has 3 rings (SSSR count). The topological polar surface area (TPSA) is 103 Å². The molecule has 2 aliphatic heterocycles. The first-order chi connectivity index (χ1) is 14.6. The zero-order valence-electron chi connectivity index (χ0n) is 17.1. The Bertz CT molecular complexity index is 697. The van der Waals surface area contributed by atoms with Crippen molar-refractivity contribution in [3.8, 4) is 0 Å². The number of furan rings is 1. The molecule has 1 atom stereocenters. The number of piperidine rings is 1. The molecule has 184 valence electrons. The zero-order valence-corrected chi connectivity index (χ0v) is 17.1. The van der Waals surface area contributed by atoms with Gasteiger partial charge >= 0.3 is 24.3 Å². The van der Waals surface area contributed by atoms with E-state index >= 15 is 0 Å². The molecule has 8 nitrogen and oxygen atoms in total. The maximum Gasteiger partial charge on any atom is 0.490 e. The van der Waals surface area contributed by atoms with Gasteiger partial charge in [-0.1, -0.05) is 0 Å². The van der Waals surface area contributed by atoms with Gasteiger partial charge in [0.1, 0.15) is 0 Å². The average Bonchev–Trinajstić information content (AvgIpc) is 3.14. The van der Waals surface area contributed by atoms with Crippen molar-refractivity contribution in [2.24, 2.45) is 0 Å². The highest BCUT2D eigenvalue weighted by atomic mass is 19.4. The molecule has 0 amide bonds. The van der Waals surface area contributed by atoms with E-state index in [0.717, 1.165) is 32.8 Å². The van der Waals surface area contributed by atoms with Crippen molar-refractivity contribution in [3.05, 3.63) is 24.2 Å². The lowest BCUT2D eigenvalue weighted by atomic mass is 9.91.